The first kappa shape index (κ1) is 24.4. The Morgan fingerprint density at radius 1 is 1.09 bits per heavy atom. The van der Waals surface area contributed by atoms with Gasteiger partial charge in [-0.15, -0.1) is 0 Å². The molecule has 1 atom stereocenters. The summed E-state index contributed by atoms with van der Waals surface area (Å²) in [6, 6.07) is 11.3. The molecule has 2 aromatic carbocycles. The number of aryl methyl sites for hydroxylation is 4. The van der Waals surface area contributed by atoms with Gasteiger partial charge >= 0.3 is 0 Å². The molecule has 0 bridgehead atoms. The normalized spacial score (nSPS) is 16.0. The van der Waals surface area contributed by atoms with E-state index in [9.17, 15) is 13.2 Å². The van der Waals surface area contributed by atoms with E-state index in [4.69, 9.17) is 0 Å². The van der Waals surface area contributed by atoms with E-state index in [0.717, 1.165) is 41.7 Å². The molecule has 7 nitrogen and oxygen atoms in total. The minimum absolute atomic E-state index is 0.0335. The van der Waals surface area contributed by atoms with Crippen molar-refractivity contribution in [1.29, 1.82) is 0 Å². The Morgan fingerprint density at radius 2 is 1.82 bits per heavy atom. The molecule has 1 N–H and O–H groups in total. The summed E-state index contributed by atoms with van der Waals surface area (Å²) in [7, 11) is -1.61. The largest absolute Gasteiger partial charge is 0.350 e. The highest BCUT2D eigenvalue weighted by molar-refractivity contribution is 7.89. The zero-order valence-electron chi connectivity index (χ0n) is 20.5. The second-order valence-electron chi connectivity index (χ2n) is 9.35. The van der Waals surface area contributed by atoms with E-state index in [1.807, 2.05) is 31.5 Å². The van der Waals surface area contributed by atoms with Crippen LogP contribution in [0.25, 0.3) is 11.0 Å². The number of hydrogen-bond donors (Lipinski definition) is 1. The van der Waals surface area contributed by atoms with Gasteiger partial charge in [0.25, 0.3) is 0 Å². The van der Waals surface area contributed by atoms with Crippen molar-refractivity contribution in [3.8, 4) is 0 Å². The van der Waals surface area contributed by atoms with Crippen molar-refractivity contribution in [1.82, 2.24) is 19.2 Å². The van der Waals surface area contributed by atoms with Gasteiger partial charge in [0.05, 0.1) is 22.0 Å². The predicted molar refractivity (Wildman–Crippen MR) is 134 cm³/mol. The maximum Gasteiger partial charge on any atom is 0.243 e. The van der Waals surface area contributed by atoms with Gasteiger partial charge in [-0.2, -0.15) is 4.31 Å². The number of amides is 1. The summed E-state index contributed by atoms with van der Waals surface area (Å²) >= 11 is 0. The van der Waals surface area contributed by atoms with E-state index in [1.165, 1.54) is 5.56 Å². The lowest BCUT2D eigenvalue weighted by Crippen LogP contribution is -2.35. The van der Waals surface area contributed by atoms with Gasteiger partial charge < -0.3 is 9.88 Å². The molecule has 0 spiro atoms. The van der Waals surface area contributed by atoms with Crippen LogP contribution in [0.3, 0.4) is 0 Å². The van der Waals surface area contributed by atoms with Crippen LogP contribution in [0.4, 0.5) is 0 Å². The maximum absolute atomic E-state index is 13.0. The standard InChI is InChI=1S/C26H34N4O3S/c1-18-8-9-19(2)22(16-18)20(3)27-26(31)13-12-25-28-23-17-21(10-11-24(23)29(25)4)34(32,33)30-14-6-5-7-15-30/h8-11,16-17,20H,5-7,12-15H2,1-4H3,(H,27,31). The van der Waals surface area contributed by atoms with Crippen molar-refractivity contribution in [3.05, 3.63) is 58.9 Å². The van der Waals surface area contributed by atoms with Crippen LogP contribution in [0.1, 0.15) is 61.2 Å². The first-order valence-electron chi connectivity index (χ1n) is 12.0. The number of aromatic nitrogens is 2. The van der Waals surface area contributed by atoms with Crippen LogP contribution in [0.5, 0.6) is 0 Å². The minimum atomic E-state index is -3.51. The molecule has 3 aromatic rings. The third-order valence-corrected chi connectivity index (χ3v) is 8.65. The van der Waals surface area contributed by atoms with Crippen LogP contribution in [-0.2, 0) is 28.3 Å². The maximum atomic E-state index is 13.0. The van der Waals surface area contributed by atoms with E-state index < -0.39 is 10.0 Å². The smallest absolute Gasteiger partial charge is 0.243 e. The number of sulfonamides is 1. The Kier molecular flexibility index (Phi) is 7.09. The fraction of sp³-hybridized carbons (Fsp3) is 0.462. The predicted octanol–water partition coefficient (Wildman–Crippen LogP) is 4.17. The summed E-state index contributed by atoms with van der Waals surface area (Å²) in [6.45, 7) is 7.24. The SMILES string of the molecule is Cc1ccc(C)c(C(C)NC(=O)CCc2nc3cc(S(=O)(=O)N4CCCCC4)ccc3n2C)c1. The molecular weight excluding hydrogens is 448 g/mol. The van der Waals surface area contributed by atoms with Gasteiger partial charge in [0, 0.05) is 33.0 Å². The molecule has 1 fully saturated rings. The quantitative estimate of drug-likeness (QED) is 0.548. The summed E-state index contributed by atoms with van der Waals surface area (Å²) in [5.41, 5.74) is 4.95. The molecule has 8 heteroatoms. The topological polar surface area (TPSA) is 84.3 Å². The van der Waals surface area contributed by atoms with Gasteiger partial charge in [0.15, 0.2) is 0 Å². The van der Waals surface area contributed by atoms with Crippen molar-refractivity contribution in [3.63, 3.8) is 0 Å². The molecule has 1 aromatic heterocycles. The third-order valence-electron chi connectivity index (χ3n) is 6.75. The van der Waals surface area contributed by atoms with Gasteiger partial charge in [-0.3, -0.25) is 4.79 Å². The van der Waals surface area contributed by atoms with E-state index in [0.29, 0.717) is 31.4 Å². The molecule has 1 unspecified atom stereocenters. The molecule has 1 amide bonds. The van der Waals surface area contributed by atoms with Gasteiger partial charge in [-0.1, -0.05) is 30.2 Å². The second kappa shape index (κ2) is 9.88. The summed E-state index contributed by atoms with van der Waals surface area (Å²) < 4.78 is 29.6. The monoisotopic (exact) mass is 482 g/mol. The summed E-state index contributed by atoms with van der Waals surface area (Å²) in [6.07, 6.45) is 3.67. The summed E-state index contributed by atoms with van der Waals surface area (Å²) in [5.74, 6) is 0.728. The Morgan fingerprint density at radius 3 is 2.56 bits per heavy atom. The Bertz CT molecular complexity index is 1310. The van der Waals surface area contributed by atoms with Crippen LogP contribution < -0.4 is 5.32 Å². The molecular formula is C26H34N4O3S. The van der Waals surface area contributed by atoms with Gasteiger partial charge in [-0.25, -0.2) is 13.4 Å². The molecule has 0 saturated carbocycles. The lowest BCUT2D eigenvalue weighted by molar-refractivity contribution is -0.121. The first-order chi connectivity index (χ1) is 16.2. The van der Waals surface area contributed by atoms with Gasteiger partial charge in [-0.05, 0) is 62.9 Å². The van der Waals surface area contributed by atoms with E-state index in [-0.39, 0.29) is 16.8 Å². The van der Waals surface area contributed by atoms with Crippen molar-refractivity contribution >= 4 is 27.0 Å². The number of fused-ring (bicyclic) bond motifs is 1. The number of carbonyl (C=O) groups excluding carboxylic acids is 1. The molecule has 1 aliphatic rings. The van der Waals surface area contributed by atoms with Crippen LogP contribution in [0, 0.1) is 13.8 Å². The van der Waals surface area contributed by atoms with E-state index >= 15 is 0 Å². The molecule has 2 heterocycles. The van der Waals surface area contributed by atoms with Crippen molar-refractivity contribution in [2.75, 3.05) is 13.1 Å². The number of piperidine rings is 1. The first-order valence-corrected chi connectivity index (χ1v) is 13.4. The Hall–Kier alpha value is -2.71. The van der Waals surface area contributed by atoms with E-state index in [2.05, 4.69) is 35.4 Å². The highest BCUT2D eigenvalue weighted by atomic mass is 32.2. The number of rotatable bonds is 7. The highest BCUT2D eigenvalue weighted by Crippen LogP contribution is 2.25. The number of nitrogens with one attached hydrogen (secondary N) is 1. The van der Waals surface area contributed by atoms with E-state index in [1.54, 1.807) is 16.4 Å². The Balaban J connectivity index is 1.45. The zero-order valence-corrected chi connectivity index (χ0v) is 21.3. The summed E-state index contributed by atoms with van der Waals surface area (Å²) in [4.78, 5) is 17.6. The van der Waals surface area contributed by atoms with Crippen LogP contribution >= 0.6 is 0 Å². The number of nitrogens with zero attached hydrogens (tertiary/aromatic N) is 3. The minimum Gasteiger partial charge on any atom is -0.350 e. The van der Waals surface area contributed by atoms with Crippen LogP contribution in [0.15, 0.2) is 41.3 Å². The van der Waals surface area contributed by atoms with Crippen LogP contribution in [0.2, 0.25) is 0 Å². The van der Waals surface area contributed by atoms with Crippen molar-refractivity contribution in [2.24, 2.45) is 7.05 Å². The fourth-order valence-corrected chi connectivity index (χ4v) is 6.25. The highest BCUT2D eigenvalue weighted by Gasteiger charge is 2.26. The number of benzene rings is 2. The average Bonchev–Trinajstić information content (AvgIpc) is 3.14. The number of imidazole rings is 1. The zero-order chi connectivity index (χ0) is 24.5. The summed E-state index contributed by atoms with van der Waals surface area (Å²) in [5, 5.41) is 3.09. The molecule has 1 saturated heterocycles. The number of hydrogen-bond acceptors (Lipinski definition) is 4. The molecule has 182 valence electrons. The lowest BCUT2D eigenvalue weighted by atomic mass is 10.00. The van der Waals surface area contributed by atoms with Gasteiger partial charge in [0.1, 0.15) is 5.82 Å². The molecule has 4 rings (SSSR count). The molecule has 0 radical (unpaired) electrons. The van der Waals surface area contributed by atoms with Crippen molar-refractivity contribution in [2.45, 2.75) is 63.8 Å². The Labute approximate surface area is 202 Å². The fourth-order valence-electron chi connectivity index (χ4n) is 4.71. The van der Waals surface area contributed by atoms with Crippen molar-refractivity contribution < 1.29 is 13.2 Å². The average molecular weight is 483 g/mol. The second-order valence-corrected chi connectivity index (χ2v) is 11.3. The third kappa shape index (κ3) is 5.03. The number of carbonyl (C=O) groups is 1. The van der Waals surface area contributed by atoms with Crippen LogP contribution in [-0.4, -0.2) is 41.3 Å². The lowest BCUT2D eigenvalue weighted by Gasteiger charge is -2.25. The van der Waals surface area contributed by atoms with Gasteiger partial charge in [0.2, 0.25) is 15.9 Å². The molecule has 34 heavy (non-hydrogen) atoms. The molecule has 0 aliphatic carbocycles. The molecule has 1 aliphatic heterocycles.